The Morgan fingerprint density at radius 3 is 2.57 bits per heavy atom. The molecule has 3 rings (SSSR count). The lowest BCUT2D eigenvalue weighted by molar-refractivity contribution is 0.0910. The molecule has 2 N–H and O–H groups in total. The molecule has 1 aliphatic rings. The third-order valence-corrected chi connectivity index (χ3v) is 6.55. The van der Waals surface area contributed by atoms with E-state index in [1.54, 1.807) is 36.4 Å². The standard InChI is InChI=1S/C21H26N2O4S/c1-15-8-3-4-11-18(15)22-21(24)16-9-7-10-17(14-16)28(25,26)23-19-12-5-6-13-20(19)27-2/h5-7,9-10,12-15,18,23H,3-4,8,11H2,1-2H3,(H,22,24). The van der Waals surface area contributed by atoms with Crippen LogP contribution in [0.3, 0.4) is 0 Å². The zero-order valence-electron chi connectivity index (χ0n) is 16.1. The molecule has 0 bridgehead atoms. The topological polar surface area (TPSA) is 84.5 Å². The lowest BCUT2D eigenvalue weighted by atomic mass is 9.86. The molecule has 0 radical (unpaired) electrons. The Bertz CT molecular complexity index is 943. The molecular formula is C21H26N2O4S. The number of rotatable bonds is 6. The van der Waals surface area contributed by atoms with E-state index >= 15 is 0 Å². The van der Waals surface area contributed by atoms with Gasteiger partial charge in [0.2, 0.25) is 0 Å². The molecule has 2 aromatic rings. The first-order valence-corrected chi connectivity index (χ1v) is 11.0. The van der Waals surface area contributed by atoms with Crippen molar-refractivity contribution in [2.24, 2.45) is 5.92 Å². The number of methoxy groups -OCH3 is 1. The van der Waals surface area contributed by atoms with Crippen molar-refractivity contribution in [2.75, 3.05) is 11.8 Å². The zero-order chi connectivity index (χ0) is 20.1. The molecule has 0 aliphatic heterocycles. The number of hydrogen-bond acceptors (Lipinski definition) is 4. The maximum absolute atomic E-state index is 12.8. The fraction of sp³-hybridized carbons (Fsp3) is 0.381. The van der Waals surface area contributed by atoms with Crippen molar-refractivity contribution < 1.29 is 17.9 Å². The van der Waals surface area contributed by atoms with Gasteiger partial charge in [0.1, 0.15) is 5.75 Å². The van der Waals surface area contributed by atoms with Crippen molar-refractivity contribution in [1.29, 1.82) is 0 Å². The highest BCUT2D eigenvalue weighted by Crippen LogP contribution is 2.27. The van der Waals surface area contributed by atoms with Gasteiger partial charge in [-0.25, -0.2) is 8.42 Å². The number of amides is 1. The van der Waals surface area contributed by atoms with Gasteiger partial charge < -0.3 is 10.1 Å². The van der Waals surface area contributed by atoms with E-state index in [0.29, 0.717) is 22.9 Å². The van der Waals surface area contributed by atoms with Crippen molar-refractivity contribution >= 4 is 21.6 Å². The lowest BCUT2D eigenvalue weighted by Crippen LogP contribution is -2.41. The highest BCUT2D eigenvalue weighted by atomic mass is 32.2. The summed E-state index contributed by atoms with van der Waals surface area (Å²) in [7, 11) is -2.38. The molecule has 2 aromatic carbocycles. The molecule has 0 saturated heterocycles. The van der Waals surface area contributed by atoms with Crippen LogP contribution >= 0.6 is 0 Å². The number of hydrogen-bond donors (Lipinski definition) is 2. The van der Waals surface area contributed by atoms with Crippen LogP contribution in [0.5, 0.6) is 5.75 Å². The van der Waals surface area contributed by atoms with Gasteiger partial charge in [0.15, 0.2) is 0 Å². The minimum absolute atomic E-state index is 0.0303. The number of carbonyl (C=O) groups is 1. The van der Waals surface area contributed by atoms with Crippen LogP contribution in [0.2, 0.25) is 0 Å². The van der Waals surface area contributed by atoms with Crippen molar-refractivity contribution in [2.45, 2.75) is 43.5 Å². The summed E-state index contributed by atoms with van der Waals surface area (Å²) in [6.45, 7) is 2.14. The predicted octanol–water partition coefficient (Wildman–Crippen LogP) is 3.80. The highest BCUT2D eigenvalue weighted by molar-refractivity contribution is 7.92. The number of para-hydroxylation sites is 2. The predicted molar refractivity (Wildman–Crippen MR) is 109 cm³/mol. The minimum Gasteiger partial charge on any atom is -0.495 e. The smallest absolute Gasteiger partial charge is 0.262 e. The number of nitrogens with one attached hydrogen (secondary N) is 2. The van der Waals surface area contributed by atoms with Crippen LogP contribution in [0.1, 0.15) is 43.0 Å². The van der Waals surface area contributed by atoms with Gasteiger partial charge in [0.05, 0.1) is 17.7 Å². The first-order chi connectivity index (χ1) is 13.4. The van der Waals surface area contributed by atoms with Crippen molar-refractivity contribution in [1.82, 2.24) is 5.32 Å². The third-order valence-electron chi connectivity index (χ3n) is 5.19. The number of sulfonamides is 1. The highest BCUT2D eigenvalue weighted by Gasteiger charge is 2.24. The number of carbonyl (C=O) groups excluding carboxylic acids is 1. The van der Waals surface area contributed by atoms with Crippen LogP contribution in [0.4, 0.5) is 5.69 Å². The molecule has 1 fully saturated rings. The average Bonchev–Trinajstić information content (AvgIpc) is 2.70. The molecule has 7 heteroatoms. The largest absolute Gasteiger partial charge is 0.495 e. The average molecular weight is 403 g/mol. The van der Waals surface area contributed by atoms with Gasteiger partial charge in [-0.3, -0.25) is 9.52 Å². The summed E-state index contributed by atoms with van der Waals surface area (Å²) in [5.41, 5.74) is 0.677. The zero-order valence-corrected chi connectivity index (χ0v) is 17.0. The van der Waals surface area contributed by atoms with Crippen molar-refractivity contribution in [3.63, 3.8) is 0 Å². The van der Waals surface area contributed by atoms with Crippen LogP contribution in [0.25, 0.3) is 0 Å². The first-order valence-electron chi connectivity index (χ1n) is 9.47. The van der Waals surface area contributed by atoms with Gasteiger partial charge in [0, 0.05) is 11.6 Å². The molecule has 28 heavy (non-hydrogen) atoms. The lowest BCUT2D eigenvalue weighted by Gasteiger charge is -2.29. The van der Waals surface area contributed by atoms with Gasteiger partial charge in [-0.15, -0.1) is 0 Å². The fourth-order valence-electron chi connectivity index (χ4n) is 3.52. The van der Waals surface area contributed by atoms with Crippen LogP contribution in [-0.4, -0.2) is 27.5 Å². The van der Waals surface area contributed by atoms with Gasteiger partial charge in [-0.2, -0.15) is 0 Å². The second-order valence-electron chi connectivity index (χ2n) is 7.18. The molecule has 2 atom stereocenters. The molecule has 6 nitrogen and oxygen atoms in total. The molecule has 1 saturated carbocycles. The Morgan fingerprint density at radius 1 is 1.07 bits per heavy atom. The summed E-state index contributed by atoms with van der Waals surface area (Å²) < 4.78 is 33.3. The van der Waals surface area contributed by atoms with Crippen LogP contribution in [-0.2, 0) is 10.0 Å². The fourth-order valence-corrected chi connectivity index (χ4v) is 4.64. The van der Waals surface area contributed by atoms with E-state index in [-0.39, 0.29) is 16.8 Å². The van der Waals surface area contributed by atoms with E-state index in [1.165, 1.54) is 25.7 Å². The van der Waals surface area contributed by atoms with Gasteiger partial charge in [-0.05, 0) is 49.1 Å². The van der Waals surface area contributed by atoms with Crippen LogP contribution in [0, 0.1) is 5.92 Å². The van der Waals surface area contributed by atoms with Gasteiger partial charge >= 0.3 is 0 Å². The van der Waals surface area contributed by atoms with Crippen molar-refractivity contribution in [3.05, 3.63) is 54.1 Å². The maximum atomic E-state index is 12.8. The van der Waals surface area contributed by atoms with Crippen LogP contribution in [0.15, 0.2) is 53.4 Å². The minimum atomic E-state index is -3.86. The van der Waals surface area contributed by atoms with Crippen LogP contribution < -0.4 is 14.8 Å². The monoisotopic (exact) mass is 402 g/mol. The molecule has 1 aliphatic carbocycles. The Labute approximate surface area is 166 Å². The summed E-state index contributed by atoms with van der Waals surface area (Å²) in [6, 6.07) is 13.0. The second kappa shape index (κ2) is 8.65. The van der Waals surface area contributed by atoms with E-state index in [2.05, 4.69) is 17.0 Å². The Hall–Kier alpha value is -2.54. The normalized spacial score (nSPS) is 19.6. The SMILES string of the molecule is COc1ccccc1NS(=O)(=O)c1cccc(C(=O)NC2CCCCC2C)c1. The summed E-state index contributed by atoms with van der Waals surface area (Å²) >= 11 is 0. The number of ether oxygens (including phenoxy) is 1. The third kappa shape index (κ3) is 4.65. The molecule has 0 spiro atoms. The van der Waals surface area contributed by atoms with Gasteiger partial charge in [0.25, 0.3) is 15.9 Å². The van der Waals surface area contributed by atoms with E-state index < -0.39 is 10.0 Å². The van der Waals surface area contributed by atoms with E-state index in [9.17, 15) is 13.2 Å². The number of anilines is 1. The summed E-state index contributed by atoms with van der Waals surface area (Å²) in [6.07, 6.45) is 4.35. The Morgan fingerprint density at radius 2 is 1.82 bits per heavy atom. The van der Waals surface area contributed by atoms with E-state index in [0.717, 1.165) is 19.3 Å². The molecule has 2 unspecified atom stereocenters. The Balaban J connectivity index is 1.78. The molecule has 0 heterocycles. The second-order valence-corrected chi connectivity index (χ2v) is 8.86. The van der Waals surface area contributed by atoms with Gasteiger partial charge in [-0.1, -0.05) is 38.0 Å². The summed E-state index contributed by atoms with van der Waals surface area (Å²) in [5, 5.41) is 3.06. The molecule has 0 aromatic heterocycles. The summed E-state index contributed by atoms with van der Waals surface area (Å²) in [4.78, 5) is 12.7. The molecular weight excluding hydrogens is 376 g/mol. The maximum Gasteiger partial charge on any atom is 0.262 e. The van der Waals surface area contributed by atoms with E-state index in [4.69, 9.17) is 4.74 Å². The quantitative estimate of drug-likeness (QED) is 0.770. The molecule has 150 valence electrons. The van der Waals surface area contributed by atoms with E-state index in [1.807, 2.05) is 0 Å². The molecule has 1 amide bonds. The summed E-state index contributed by atoms with van der Waals surface area (Å²) in [5.74, 6) is 0.608. The number of benzene rings is 2. The Kier molecular flexibility index (Phi) is 6.24. The van der Waals surface area contributed by atoms with Crippen molar-refractivity contribution in [3.8, 4) is 5.75 Å². The first kappa shape index (κ1) is 20.2.